The second kappa shape index (κ2) is 29.3. The molecule has 1 aliphatic carbocycles. The molecule has 1 aliphatic rings. The maximum Gasteiger partial charge on any atom is 0.226 e. The molecule has 0 aliphatic heterocycles. The van der Waals surface area contributed by atoms with Crippen LogP contribution in [0.1, 0.15) is 185 Å². The van der Waals surface area contributed by atoms with Crippen LogP contribution in [0.4, 0.5) is 0 Å². The van der Waals surface area contributed by atoms with Gasteiger partial charge in [0.2, 0.25) is 11.6 Å². The molecule has 0 saturated heterocycles. The molecule has 1 rings (SSSR count). The molecular weight excluding hydrogens is 699 g/mol. The van der Waals surface area contributed by atoms with Crippen LogP contribution in [0, 0.1) is 0 Å². The molecule has 0 aromatic carbocycles. The first-order valence-electron chi connectivity index (χ1n) is 21.8. The maximum absolute atomic E-state index is 12.7. The molecule has 0 aromatic heterocycles. The highest BCUT2D eigenvalue weighted by Gasteiger charge is 2.31. The fraction of sp³-hybridized carbons (Fsp3) is 0.547. The number of ether oxygens (including phenoxy) is 1. The molecule has 2 N–H and O–H groups in total. The maximum atomic E-state index is 12.7. The van der Waals surface area contributed by atoms with Gasteiger partial charge in [-0.1, -0.05) is 105 Å². The third-order valence-electron chi connectivity index (χ3n) is 10.9. The number of ketones is 2. The van der Waals surface area contributed by atoms with E-state index in [4.69, 9.17) is 10.5 Å². The molecule has 0 bridgehead atoms. The van der Waals surface area contributed by atoms with Crippen LogP contribution in [0.2, 0.25) is 0 Å². The minimum atomic E-state index is -0.318. The highest BCUT2D eigenvalue weighted by atomic mass is 16.5. The quantitative estimate of drug-likeness (QED) is 0.0666. The van der Waals surface area contributed by atoms with Gasteiger partial charge in [-0.3, -0.25) is 9.59 Å². The molecule has 0 atom stereocenters. The van der Waals surface area contributed by atoms with E-state index in [9.17, 15) is 9.59 Å². The van der Waals surface area contributed by atoms with Crippen LogP contribution in [0.15, 0.2) is 127 Å². The van der Waals surface area contributed by atoms with E-state index in [1.54, 1.807) is 6.92 Å². The number of Topliss-reactive ketones (excluding diaryl/α,β-unsaturated/α-hetero) is 2. The first-order chi connectivity index (χ1) is 27.0. The van der Waals surface area contributed by atoms with Crippen LogP contribution >= 0.6 is 0 Å². The van der Waals surface area contributed by atoms with Crippen LogP contribution in [-0.4, -0.2) is 18.7 Å². The summed E-state index contributed by atoms with van der Waals surface area (Å²) in [5, 5.41) is 0. The summed E-state index contributed by atoms with van der Waals surface area (Å²) in [7, 11) is 1.37. The van der Waals surface area contributed by atoms with Crippen LogP contribution in [-0.2, 0) is 14.3 Å². The van der Waals surface area contributed by atoms with Crippen molar-refractivity contribution in [3.8, 4) is 0 Å². The Morgan fingerprint density at radius 2 is 0.702 bits per heavy atom. The molecular formula is C53H81NO3. The summed E-state index contributed by atoms with van der Waals surface area (Å²) in [5.41, 5.74) is 19.6. The highest BCUT2D eigenvalue weighted by Crippen LogP contribution is 2.26. The van der Waals surface area contributed by atoms with Gasteiger partial charge in [-0.2, -0.15) is 0 Å². The molecule has 316 valence electrons. The van der Waals surface area contributed by atoms with Crippen molar-refractivity contribution in [2.75, 3.05) is 7.11 Å². The normalized spacial score (nSPS) is 16.0. The first-order valence-corrected chi connectivity index (χ1v) is 21.8. The van der Waals surface area contributed by atoms with Gasteiger partial charge < -0.3 is 10.5 Å². The largest absolute Gasteiger partial charge is 0.491 e. The molecule has 4 heteroatoms. The molecule has 0 fully saturated rings. The summed E-state index contributed by atoms with van der Waals surface area (Å²) >= 11 is 0. The zero-order chi connectivity index (χ0) is 42.8. The summed E-state index contributed by atoms with van der Waals surface area (Å²) in [6, 6.07) is 0. The first kappa shape index (κ1) is 51.1. The fourth-order valence-electron chi connectivity index (χ4n) is 6.83. The van der Waals surface area contributed by atoms with Crippen LogP contribution in [0.3, 0.4) is 0 Å². The van der Waals surface area contributed by atoms with Gasteiger partial charge in [-0.05, 0) is 185 Å². The van der Waals surface area contributed by atoms with Crippen LogP contribution in [0.5, 0.6) is 0 Å². The van der Waals surface area contributed by atoms with E-state index < -0.39 is 0 Å². The van der Waals surface area contributed by atoms with Crippen molar-refractivity contribution in [3.05, 3.63) is 127 Å². The number of carbonyl (C=O) groups is 2. The number of nitrogens with two attached hydrogens (primary N) is 1. The fourth-order valence-corrected chi connectivity index (χ4v) is 6.83. The second-order valence-corrected chi connectivity index (χ2v) is 16.9. The molecule has 57 heavy (non-hydrogen) atoms. The van der Waals surface area contributed by atoms with E-state index in [0.29, 0.717) is 17.6 Å². The standard InChI is InChI=1S/C53H81NO3/c1-39(2)21-13-22-40(3)23-14-24-41(4)25-15-26-42(5)27-16-28-43(6)29-17-30-44(7)31-18-32-45(8)33-19-34-46(9)35-20-36-47(10)37-38-49-48(11)51(55)50(54)53(57-12)52(49)56/h21,23,25,27,29,31,33,35,37H,13-20,22,24,26,28,30,32,34,36,38,54H2,1-12H3/b40-23+,41-25+,42-27+,43-29+,44-31+,45-33+,46-35+,47-37+. The van der Waals surface area contributed by atoms with Gasteiger partial charge in [0.15, 0.2) is 5.76 Å². The molecule has 0 amide bonds. The number of rotatable bonds is 27. The Morgan fingerprint density at radius 1 is 0.439 bits per heavy atom. The summed E-state index contributed by atoms with van der Waals surface area (Å²) in [6.07, 6.45) is 39.5. The Bertz CT molecular complexity index is 1670. The lowest BCUT2D eigenvalue weighted by atomic mass is 9.90. The van der Waals surface area contributed by atoms with Crippen molar-refractivity contribution in [1.82, 2.24) is 0 Å². The number of hydrogen-bond donors (Lipinski definition) is 1. The van der Waals surface area contributed by atoms with Crippen molar-refractivity contribution in [2.24, 2.45) is 5.73 Å². The van der Waals surface area contributed by atoms with Crippen molar-refractivity contribution < 1.29 is 14.3 Å². The van der Waals surface area contributed by atoms with E-state index in [0.717, 1.165) is 89.9 Å². The smallest absolute Gasteiger partial charge is 0.226 e. The molecule has 0 radical (unpaired) electrons. The zero-order valence-corrected chi connectivity index (χ0v) is 38.5. The summed E-state index contributed by atoms with van der Waals surface area (Å²) in [6.45, 7) is 24.0. The van der Waals surface area contributed by atoms with Gasteiger partial charge in [0.1, 0.15) is 5.70 Å². The van der Waals surface area contributed by atoms with Gasteiger partial charge >= 0.3 is 0 Å². The highest BCUT2D eigenvalue weighted by molar-refractivity contribution is 6.23. The van der Waals surface area contributed by atoms with Crippen LogP contribution in [0.25, 0.3) is 0 Å². The Balaban J connectivity index is 2.31. The Morgan fingerprint density at radius 3 is 0.965 bits per heavy atom. The van der Waals surface area contributed by atoms with E-state index in [1.165, 1.54) is 70.1 Å². The van der Waals surface area contributed by atoms with Crippen molar-refractivity contribution in [2.45, 2.75) is 185 Å². The van der Waals surface area contributed by atoms with Crippen molar-refractivity contribution in [3.63, 3.8) is 0 Å². The van der Waals surface area contributed by atoms with E-state index >= 15 is 0 Å². The zero-order valence-electron chi connectivity index (χ0n) is 38.5. The van der Waals surface area contributed by atoms with E-state index in [-0.39, 0.29) is 23.0 Å². The third kappa shape index (κ3) is 23.2. The Labute approximate surface area is 350 Å². The van der Waals surface area contributed by atoms with E-state index in [2.05, 4.69) is 118 Å². The average Bonchev–Trinajstić information content (AvgIpc) is 3.14. The molecule has 0 aromatic rings. The minimum Gasteiger partial charge on any atom is -0.491 e. The molecule has 0 spiro atoms. The minimum absolute atomic E-state index is 0.0413. The van der Waals surface area contributed by atoms with Crippen LogP contribution < -0.4 is 5.73 Å². The van der Waals surface area contributed by atoms with Gasteiger partial charge in [0.05, 0.1) is 7.11 Å². The summed E-state index contributed by atoms with van der Waals surface area (Å²) in [5.74, 6) is -0.646. The van der Waals surface area contributed by atoms with Gasteiger partial charge in [0, 0.05) is 11.1 Å². The lowest BCUT2D eigenvalue weighted by Gasteiger charge is -2.18. The predicted octanol–water partition coefficient (Wildman–Crippen LogP) is 15.4. The average molecular weight is 780 g/mol. The Kier molecular flexibility index (Phi) is 26.3. The second-order valence-electron chi connectivity index (χ2n) is 16.9. The summed E-state index contributed by atoms with van der Waals surface area (Å²) in [4.78, 5) is 25.1. The van der Waals surface area contributed by atoms with Gasteiger partial charge in [-0.25, -0.2) is 0 Å². The number of hydrogen-bond acceptors (Lipinski definition) is 4. The molecule has 0 heterocycles. The topological polar surface area (TPSA) is 69.4 Å². The Hall–Kier alpha value is -3.92. The number of methoxy groups -OCH3 is 1. The van der Waals surface area contributed by atoms with Gasteiger partial charge in [0.25, 0.3) is 0 Å². The number of carbonyl (C=O) groups excluding carboxylic acids is 2. The summed E-state index contributed by atoms with van der Waals surface area (Å²) < 4.78 is 5.11. The van der Waals surface area contributed by atoms with Gasteiger partial charge in [-0.15, -0.1) is 0 Å². The van der Waals surface area contributed by atoms with Crippen molar-refractivity contribution >= 4 is 11.6 Å². The monoisotopic (exact) mass is 780 g/mol. The number of allylic oxidation sites excluding steroid dienone is 20. The SMILES string of the molecule is COC1=C(N)C(=O)C(C)=C(C/C=C(\C)CC/C=C(\C)CC/C=C(\C)CC/C=C(\C)CC/C=C(\C)CC/C=C(\C)CC/C=C(\C)CC/C=C(\C)CCC=C(C)C)C1=O. The van der Waals surface area contributed by atoms with E-state index in [1.807, 2.05) is 6.08 Å². The molecule has 0 unspecified atom stereocenters. The predicted molar refractivity (Wildman–Crippen MR) is 249 cm³/mol. The van der Waals surface area contributed by atoms with Crippen molar-refractivity contribution in [1.29, 1.82) is 0 Å². The lowest BCUT2D eigenvalue weighted by molar-refractivity contribution is -0.118. The third-order valence-corrected chi connectivity index (χ3v) is 10.9. The lowest BCUT2D eigenvalue weighted by Crippen LogP contribution is -2.28. The molecule has 0 saturated carbocycles. The molecule has 4 nitrogen and oxygen atoms in total.